The molecule has 1 heteroatoms. The number of benzene rings is 1. The molecule has 0 saturated heterocycles. The topological polar surface area (TPSA) is 0 Å². The zero-order valence-corrected chi connectivity index (χ0v) is 8.13. The van der Waals surface area contributed by atoms with Gasteiger partial charge in [-0.3, -0.25) is 0 Å². The Balaban J connectivity index is 2.59. The van der Waals surface area contributed by atoms with Crippen LogP contribution in [0.1, 0.15) is 19.4 Å². The summed E-state index contributed by atoms with van der Waals surface area (Å²) in [5.74, 6) is 0.359. The van der Waals surface area contributed by atoms with Crippen LogP contribution in [0.25, 0.3) is 0 Å². The van der Waals surface area contributed by atoms with Gasteiger partial charge in [-0.15, -0.1) is 0 Å². The van der Waals surface area contributed by atoms with Gasteiger partial charge in [0, 0.05) is 0 Å². The van der Waals surface area contributed by atoms with E-state index in [0.717, 1.165) is 6.42 Å². The van der Waals surface area contributed by atoms with Gasteiger partial charge in [-0.1, -0.05) is 31.2 Å². The minimum absolute atomic E-state index is 0.164. The zero-order chi connectivity index (χ0) is 9.68. The van der Waals surface area contributed by atoms with Crippen molar-refractivity contribution >= 4 is 0 Å². The highest BCUT2D eigenvalue weighted by Crippen LogP contribution is 2.10. The van der Waals surface area contributed by atoms with Crippen molar-refractivity contribution < 1.29 is 4.39 Å². The molecule has 0 amide bonds. The third-order valence-electron chi connectivity index (χ3n) is 1.99. The highest BCUT2D eigenvalue weighted by Gasteiger charge is 1.99. The van der Waals surface area contributed by atoms with Gasteiger partial charge in [-0.25, -0.2) is 4.39 Å². The highest BCUT2D eigenvalue weighted by atomic mass is 19.1. The molecule has 1 unspecified atom stereocenters. The van der Waals surface area contributed by atoms with E-state index in [-0.39, 0.29) is 5.82 Å². The van der Waals surface area contributed by atoms with Crippen LogP contribution in [-0.4, -0.2) is 0 Å². The van der Waals surface area contributed by atoms with Crippen LogP contribution in [0.15, 0.2) is 36.4 Å². The number of allylic oxidation sites excluding steroid dienone is 2. The number of rotatable bonds is 3. The Labute approximate surface area is 79.1 Å². The zero-order valence-electron chi connectivity index (χ0n) is 8.13. The molecule has 0 aliphatic carbocycles. The Kier molecular flexibility index (Phi) is 3.69. The second-order valence-corrected chi connectivity index (χ2v) is 3.33. The molecule has 1 aromatic rings. The standard InChI is InChI=1S/C12H15F/c1-3-4-10(2)9-11-5-7-12(13)8-6-11/h3-8,10H,9H2,1-2H3/b4-3-. The fourth-order valence-electron chi connectivity index (χ4n) is 1.39. The van der Waals surface area contributed by atoms with Gasteiger partial charge in [0.2, 0.25) is 0 Å². The first-order chi connectivity index (χ1) is 6.22. The van der Waals surface area contributed by atoms with Crippen molar-refractivity contribution in [3.63, 3.8) is 0 Å². The first-order valence-corrected chi connectivity index (χ1v) is 4.59. The van der Waals surface area contributed by atoms with Gasteiger partial charge in [0.25, 0.3) is 0 Å². The van der Waals surface area contributed by atoms with E-state index in [0.29, 0.717) is 5.92 Å². The molecular weight excluding hydrogens is 163 g/mol. The Bertz CT molecular complexity index is 272. The molecule has 0 aliphatic rings. The number of hydrogen-bond donors (Lipinski definition) is 0. The Morgan fingerprint density at radius 2 is 1.92 bits per heavy atom. The lowest BCUT2D eigenvalue weighted by atomic mass is 10.0. The van der Waals surface area contributed by atoms with E-state index in [4.69, 9.17) is 0 Å². The van der Waals surface area contributed by atoms with Gasteiger partial charge in [0.05, 0.1) is 0 Å². The van der Waals surface area contributed by atoms with Gasteiger partial charge in [0.1, 0.15) is 5.82 Å². The van der Waals surface area contributed by atoms with Crippen molar-refractivity contribution in [1.29, 1.82) is 0 Å². The summed E-state index contributed by atoms with van der Waals surface area (Å²) in [5, 5.41) is 0. The molecule has 70 valence electrons. The van der Waals surface area contributed by atoms with Crippen LogP contribution in [0.2, 0.25) is 0 Å². The van der Waals surface area contributed by atoms with Crippen molar-refractivity contribution in [2.24, 2.45) is 5.92 Å². The summed E-state index contributed by atoms with van der Waals surface area (Å²) in [6.45, 7) is 4.17. The highest BCUT2D eigenvalue weighted by molar-refractivity contribution is 5.17. The fourth-order valence-corrected chi connectivity index (χ4v) is 1.39. The maximum atomic E-state index is 12.6. The van der Waals surface area contributed by atoms with E-state index < -0.39 is 0 Å². The minimum atomic E-state index is -0.164. The SMILES string of the molecule is C/C=C\C(C)Cc1ccc(F)cc1. The summed E-state index contributed by atoms with van der Waals surface area (Å²) >= 11 is 0. The molecule has 0 fully saturated rings. The number of hydrogen-bond acceptors (Lipinski definition) is 0. The van der Waals surface area contributed by atoms with E-state index >= 15 is 0 Å². The fraction of sp³-hybridized carbons (Fsp3) is 0.333. The molecule has 0 saturated carbocycles. The summed E-state index contributed by atoms with van der Waals surface area (Å²) < 4.78 is 12.6. The number of halogens is 1. The molecule has 0 radical (unpaired) electrons. The van der Waals surface area contributed by atoms with Crippen LogP contribution < -0.4 is 0 Å². The van der Waals surface area contributed by atoms with E-state index in [9.17, 15) is 4.39 Å². The normalized spacial score (nSPS) is 13.5. The molecule has 13 heavy (non-hydrogen) atoms. The van der Waals surface area contributed by atoms with Gasteiger partial charge >= 0.3 is 0 Å². The van der Waals surface area contributed by atoms with Crippen LogP contribution in [0.4, 0.5) is 4.39 Å². The maximum Gasteiger partial charge on any atom is 0.123 e. The average Bonchev–Trinajstić information content (AvgIpc) is 2.09. The predicted octanol–water partition coefficient (Wildman–Crippen LogP) is 3.58. The average molecular weight is 178 g/mol. The summed E-state index contributed by atoms with van der Waals surface area (Å²) in [5.41, 5.74) is 1.19. The quantitative estimate of drug-likeness (QED) is 0.620. The summed E-state index contributed by atoms with van der Waals surface area (Å²) in [4.78, 5) is 0. The van der Waals surface area contributed by atoms with E-state index in [2.05, 4.69) is 13.0 Å². The molecule has 0 aliphatic heterocycles. The lowest BCUT2D eigenvalue weighted by Crippen LogP contribution is -1.95. The first-order valence-electron chi connectivity index (χ1n) is 4.59. The Morgan fingerprint density at radius 3 is 2.46 bits per heavy atom. The molecule has 0 spiro atoms. The van der Waals surface area contributed by atoms with Crippen molar-refractivity contribution in [3.8, 4) is 0 Å². The molecular formula is C12H15F. The van der Waals surface area contributed by atoms with Gasteiger partial charge in [0.15, 0.2) is 0 Å². The molecule has 1 rings (SSSR count). The second kappa shape index (κ2) is 4.80. The third kappa shape index (κ3) is 3.41. The van der Waals surface area contributed by atoms with Gasteiger partial charge < -0.3 is 0 Å². The molecule has 0 bridgehead atoms. The maximum absolute atomic E-state index is 12.6. The van der Waals surface area contributed by atoms with Gasteiger partial charge in [-0.2, -0.15) is 0 Å². The van der Waals surface area contributed by atoms with Crippen molar-refractivity contribution in [1.82, 2.24) is 0 Å². The lowest BCUT2D eigenvalue weighted by Gasteiger charge is -2.05. The van der Waals surface area contributed by atoms with Gasteiger partial charge in [-0.05, 0) is 37.0 Å². The van der Waals surface area contributed by atoms with Crippen molar-refractivity contribution in [3.05, 3.63) is 47.8 Å². The molecule has 1 aromatic carbocycles. The summed E-state index contributed by atoms with van der Waals surface area (Å²) in [6, 6.07) is 6.71. The Hall–Kier alpha value is -1.11. The van der Waals surface area contributed by atoms with Crippen LogP contribution >= 0.6 is 0 Å². The van der Waals surface area contributed by atoms with E-state index in [1.807, 2.05) is 25.1 Å². The predicted molar refractivity (Wildman–Crippen MR) is 54.1 cm³/mol. The Morgan fingerprint density at radius 1 is 1.31 bits per heavy atom. The van der Waals surface area contributed by atoms with Crippen molar-refractivity contribution in [2.45, 2.75) is 20.3 Å². The lowest BCUT2D eigenvalue weighted by molar-refractivity contribution is 0.625. The molecule has 0 nitrogen and oxygen atoms in total. The van der Waals surface area contributed by atoms with Crippen LogP contribution in [0.3, 0.4) is 0 Å². The summed E-state index contributed by atoms with van der Waals surface area (Å²) in [6.07, 6.45) is 5.18. The molecule has 0 heterocycles. The molecule has 0 N–H and O–H groups in total. The van der Waals surface area contributed by atoms with Crippen LogP contribution in [0.5, 0.6) is 0 Å². The molecule has 1 atom stereocenters. The monoisotopic (exact) mass is 178 g/mol. The van der Waals surface area contributed by atoms with Crippen LogP contribution in [0, 0.1) is 11.7 Å². The largest absolute Gasteiger partial charge is 0.207 e. The van der Waals surface area contributed by atoms with E-state index in [1.54, 1.807) is 0 Å². The summed E-state index contributed by atoms with van der Waals surface area (Å²) in [7, 11) is 0. The van der Waals surface area contributed by atoms with Crippen LogP contribution in [-0.2, 0) is 6.42 Å². The smallest absolute Gasteiger partial charge is 0.123 e. The third-order valence-corrected chi connectivity index (χ3v) is 1.99. The molecule has 0 aromatic heterocycles. The van der Waals surface area contributed by atoms with E-state index in [1.165, 1.54) is 17.7 Å². The first kappa shape index (κ1) is 9.97. The minimum Gasteiger partial charge on any atom is -0.207 e. The van der Waals surface area contributed by atoms with Crippen molar-refractivity contribution in [2.75, 3.05) is 0 Å². The second-order valence-electron chi connectivity index (χ2n) is 3.33.